The maximum atomic E-state index is 4.72. The van der Waals surface area contributed by atoms with Gasteiger partial charge in [-0.15, -0.1) is 0 Å². The van der Waals surface area contributed by atoms with Crippen LogP contribution in [0.15, 0.2) is 48.8 Å². The van der Waals surface area contributed by atoms with Gasteiger partial charge in [0.25, 0.3) is 0 Å². The summed E-state index contributed by atoms with van der Waals surface area (Å²) in [5, 5.41) is 0. The lowest BCUT2D eigenvalue weighted by atomic mass is 10.0. The Hall–Kier alpha value is -2.42. The van der Waals surface area contributed by atoms with E-state index in [1.807, 2.05) is 24.0 Å². The molecular formula is C19H21N3. The van der Waals surface area contributed by atoms with Gasteiger partial charge >= 0.3 is 0 Å². The van der Waals surface area contributed by atoms with Crippen molar-refractivity contribution in [1.82, 2.24) is 14.5 Å². The van der Waals surface area contributed by atoms with Crippen molar-refractivity contribution in [3.63, 3.8) is 0 Å². The fourth-order valence-corrected chi connectivity index (χ4v) is 2.65. The van der Waals surface area contributed by atoms with Crippen molar-refractivity contribution >= 4 is 0 Å². The first-order valence-electron chi connectivity index (χ1n) is 7.62. The molecule has 2 aromatic heterocycles. The molecule has 0 radical (unpaired) electrons. The molecule has 0 bridgehead atoms. The largest absolute Gasteiger partial charge is 0.334 e. The van der Waals surface area contributed by atoms with Crippen LogP contribution in [0.1, 0.15) is 31.2 Å². The molecule has 22 heavy (non-hydrogen) atoms. The molecule has 0 aliphatic heterocycles. The van der Waals surface area contributed by atoms with E-state index in [1.54, 1.807) is 0 Å². The van der Waals surface area contributed by atoms with E-state index in [-0.39, 0.29) is 0 Å². The summed E-state index contributed by atoms with van der Waals surface area (Å²) in [5.41, 5.74) is 5.73. The van der Waals surface area contributed by atoms with Crippen LogP contribution in [-0.2, 0) is 7.05 Å². The average molecular weight is 291 g/mol. The van der Waals surface area contributed by atoms with Crippen LogP contribution in [0.2, 0.25) is 0 Å². The minimum atomic E-state index is 0.457. The van der Waals surface area contributed by atoms with Gasteiger partial charge < -0.3 is 4.57 Å². The summed E-state index contributed by atoms with van der Waals surface area (Å²) in [6.45, 7) is 6.42. The summed E-state index contributed by atoms with van der Waals surface area (Å²) in [4.78, 5) is 9.11. The molecule has 1 aromatic carbocycles. The number of aromatic nitrogens is 3. The normalized spacial score (nSPS) is 11.1. The molecule has 3 rings (SSSR count). The van der Waals surface area contributed by atoms with Crippen molar-refractivity contribution in [1.29, 1.82) is 0 Å². The van der Waals surface area contributed by atoms with Crippen LogP contribution in [0.3, 0.4) is 0 Å². The van der Waals surface area contributed by atoms with Crippen molar-refractivity contribution in [2.75, 3.05) is 0 Å². The van der Waals surface area contributed by atoms with Gasteiger partial charge in [0, 0.05) is 42.0 Å². The third kappa shape index (κ3) is 2.67. The molecule has 112 valence electrons. The van der Waals surface area contributed by atoms with E-state index in [2.05, 4.69) is 62.2 Å². The molecule has 3 aromatic rings. The molecule has 0 saturated carbocycles. The van der Waals surface area contributed by atoms with E-state index in [9.17, 15) is 0 Å². The second-order valence-corrected chi connectivity index (χ2v) is 5.96. The van der Waals surface area contributed by atoms with Crippen molar-refractivity contribution in [3.8, 4) is 22.5 Å². The fraction of sp³-hybridized carbons (Fsp3) is 0.263. The quantitative estimate of drug-likeness (QED) is 0.707. The summed E-state index contributed by atoms with van der Waals surface area (Å²) in [6, 6.07) is 12.8. The number of hydrogen-bond donors (Lipinski definition) is 0. The molecule has 0 aliphatic rings. The van der Waals surface area contributed by atoms with Gasteiger partial charge in [-0.1, -0.05) is 44.2 Å². The number of nitrogens with zero attached hydrogens (tertiary/aromatic N) is 3. The molecule has 3 nitrogen and oxygen atoms in total. The Morgan fingerprint density at radius 1 is 0.955 bits per heavy atom. The minimum absolute atomic E-state index is 0.457. The number of rotatable bonds is 3. The summed E-state index contributed by atoms with van der Waals surface area (Å²) in [7, 11) is 2.01. The van der Waals surface area contributed by atoms with E-state index in [0.29, 0.717) is 5.92 Å². The lowest BCUT2D eigenvalue weighted by molar-refractivity contribution is 0.816. The zero-order valence-corrected chi connectivity index (χ0v) is 13.5. The predicted octanol–water partition coefficient (Wildman–Crippen LogP) is 4.58. The maximum Gasteiger partial charge on any atom is 0.139 e. The summed E-state index contributed by atoms with van der Waals surface area (Å²) in [6.07, 6.45) is 3.78. The highest BCUT2D eigenvalue weighted by molar-refractivity contribution is 5.69. The Bertz CT molecular complexity index is 783. The smallest absolute Gasteiger partial charge is 0.139 e. The Morgan fingerprint density at radius 2 is 1.64 bits per heavy atom. The van der Waals surface area contributed by atoms with E-state index < -0.39 is 0 Å². The van der Waals surface area contributed by atoms with Crippen LogP contribution in [0.4, 0.5) is 0 Å². The zero-order valence-electron chi connectivity index (χ0n) is 13.5. The van der Waals surface area contributed by atoms with Gasteiger partial charge in [0.2, 0.25) is 0 Å². The highest BCUT2D eigenvalue weighted by Gasteiger charge is 2.08. The molecular weight excluding hydrogens is 270 g/mol. The lowest BCUT2D eigenvalue weighted by Crippen LogP contribution is -1.96. The maximum absolute atomic E-state index is 4.72. The monoisotopic (exact) mass is 291 g/mol. The summed E-state index contributed by atoms with van der Waals surface area (Å²) >= 11 is 0. The van der Waals surface area contributed by atoms with Crippen LogP contribution < -0.4 is 0 Å². The first-order valence-corrected chi connectivity index (χ1v) is 7.62. The SMILES string of the molecule is Cc1nc(C(C)C)ccc1-c1ccc(-c2nccn2C)cc1. The highest BCUT2D eigenvalue weighted by atomic mass is 15.0. The highest BCUT2D eigenvalue weighted by Crippen LogP contribution is 2.26. The number of pyridine rings is 1. The van der Waals surface area contributed by atoms with Gasteiger partial charge in [0.15, 0.2) is 0 Å². The first kappa shape index (κ1) is 14.5. The van der Waals surface area contributed by atoms with Gasteiger partial charge in [-0.25, -0.2) is 4.98 Å². The molecule has 3 heteroatoms. The summed E-state index contributed by atoms with van der Waals surface area (Å²) in [5.74, 6) is 1.44. The number of benzene rings is 1. The van der Waals surface area contributed by atoms with Crippen molar-refractivity contribution < 1.29 is 0 Å². The van der Waals surface area contributed by atoms with Crippen molar-refractivity contribution in [2.45, 2.75) is 26.7 Å². The van der Waals surface area contributed by atoms with Crippen LogP contribution in [0.25, 0.3) is 22.5 Å². The second kappa shape index (κ2) is 5.76. The predicted molar refractivity (Wildman–Crippen MR) is 90.7 cm³/mol. The molecule has 0 spiro atoms. The van der Waals surface area contributed by atoms with Gasteiger partial charge in [-0.2, -0.15) is 0 Å². The standard InChI is InChI=1S/C19H21N3/c1-13(2)18-10-9-17(14(3)21-18)15-5-7-16(8-6-15)19-20-11-12-22(19)4/h5-13H,1-4H3. The van der Waals surface area contributed by atoms with Gasteiger partial charge in [0.1, 0.15) is 5.82 Å². The Kier molecular flexibility index (Phi) is 3.80. The number of imidazole rings is 1. The average Bonchev–Trinajstić information content (AvgIpc) is 2.93. The molecule has 0 saturated heterocycles. The van der Waals surface area contributed by atoms with Gasteiger partial charge in [-0.3, -0.25) is 4.98 Å². The molecule has 0 atom stereocenters. The second-order valence-electron chi connectivity index (χ2n) is 5.96. The Balaban J connectivity index is 1.95. The summed E-state index contributed by atoms with van der Waals surface area (Å²) < 4.78 is 2.03. The minimum Gasteiger partial charge on any atom is -0.334 e. The van der Waals surface area contributed by atoms with E-state index in [0.717, 1.165) is 22.8 Å². The topological polar surface area (TPSA) is 30.7 Å². The Morgan fingerprint density at radius 3 is 2.18 bits per heavy atom. The molecule has 0 N–H and O–H groups in total. The van der Waals surface area contributed by atoms with Crippen molar-refractivity contribution in [2.24, 2.45) is 7.05 Å². The number of aryl methyl sites for hydroxylation is 2. The van der Waals surface area contributed by atoms with E-state index >= 15 is 0 Å². The van der Waals surface area contributed by atoms with Crippen LogP contribution in [0, 0.1) is 6.92 Å². The van der Waals surface area contributed by atoms with E-state index in [4.69, 9.17) is 4.98 Å². The zero-order chi connectivity index (χ0) is 15.7. The van der Waals surface area contributed by atoms with Gasteiger partial charge in [-0.05, 0) is 24.5 Å². The molecule has 0 unspecified atom stereocenters. The Labute approximate surface area is 131 Å². The molecule has 0 aliphatic carbocycles. The molecule has 0 fully saturated rings. The number of hydrogen-bond acceptors (Lipinski definition) is 2. The van der Waals surface area contributed by atoms with Crippen LogP contribution in [0.5, 0.6) is 0 Å². The van der Waals surface area contributed by atoms with Crippen LogP contribution >= 0.6 is 0 Å². The van der Waals surface area contributed by atoms with E-state index in [1.165, 1.54) is 11.1 Å². The fourth-order valence-electron chi connectivity index (χ4n) is 2.65. The van der Waals surface area contributed by atoms with Crippen molar-refractivity contribution in [3.05, 3.63) is 60.2 Å². The third-order valence-corrected chi connectivity index (χ3v) is 3.97. The third-order valence-electron chi connectivity index (χ3n) is 3.97. The van der Waals surface area contributed by atoms with Gasteiger partial charge in [0.05, 0.1) is 0 Å². The molecule has 2 heterocycles. The molecule has 0 amide bonds. The first-order chi connectivity index (χ1) is 10.6. The van der Waals surface area contributed by atoms with Crippen LogP contribution in [-0.4, -0.2) is 14.5 Å². The lowest BCUT2D eigenvalue weighted by Gasteiger charge is -2.10.